The minimum Gasteiger partial charge on any atom is -0.383 e. The number of benzene rings is 1. The summed E-state index contributed by atoms with van der Waals surface area (Å²) in [5.41, 5.74) is 2.42. The molecule has 3 heteroatoms. The van der Waals surface area contributed by atoms with Gasteiger partial charge in [-0.15, -0.1) is 0 Å². The molecule has 0 radical (unpaired) electrons. The highest BCUT2D eigenvalue weighted by Crippen LogP contribution is 2.28. The summed E-state index contributed by atoms with van der Waals surface area (Å²) in [4.78, 5) is 0. The van der Waals surface area contributed by atoms with Crippen LogP contribution in [0.25, 0.3) is 0 Å². The molecular weight excluding hydrogens is 208 g/mol. The van der Waals surface area contributed by atoms with Crippen molar-refractivity contribution in [2.24, 2.45) is 0 Å². The van der Waals surface area contributed by atoms with E-state index in [1.807, 2.05) is 12.1 Å². The molecule has 0 bridgehead atoms. The van der Waals surface area contributed by atoms with E-state index in [1.165, 1.54) is 11.3 Å². The maximum absolute atomic E-state index is 6.18. The van der Waals surface area contributed by atoms with Crippen molar-refractivity contribution >= 4 is 17.3 Å². The number of hydrogen-bond donors (Lipinski definition) is 2. The van der Waals surface area contributed by atoms with Crippen molar-refractivity contribution in [3.05, 3.63) is 28.8 Å². The van der Waals surface area contributed by atoms with Crippen LogP contribution >= 0.6 is 11.6 Å². The Kier molecular flexibility index (Phi) is 3.17. The first-order valence-electron chi connectivity index (χ1n) is 5.44. The monoisotopic (exact) mass is 224 g/mol. The lowest BCUT2D eigenvalue weighted by Gasteiger charge is -2.29. The summed E-state index contributed by atoms with van der Waals surface area (Å²) < 4.78 is 0. The van der Waals surface area contributed by atoms with E-state index in [1.54, 1.807) is 0 Å². The Bertz CT molecular complexity index is 349. The minimum absolute atomic E-state index is 0.484. The third kappa shape index (κ3) is 2.44. The average Bonchev–Trinajstić information content (AvgIpc) is 2.18. The second-order valence-electron chi connectivity index (χ2n) is 4.37. The summed E-state index contributed by atoms with van der Waals surface area (Å²) in [5.74, 6) is 0. The van der Waals surface area contributed by atoms with Gasteiger partial charge in [0.05, 0.1) is 0 Å². The molecule has 2 rings (SSSR count). The van der Waals surface area contributed by atoms with Crippen LogP contribution < -0.4 is 10.6 Å². The van der Waals surface area contributed by atoms with Gasteiger partial charge in [-0.3, -0.25) is 0 Å². The summed E-state index contributed by atoms with van der Waals surface area (Å²) in [6.45, 7) is 5.32. The third-order valence-electron chi connectivity index (χ3n) is 2.68. The Balaban J connectivity index is 2.15. The number of halogens is 1. The van der Waals surface area contributed by atoms with E-state index >= 15 is 0 Å². The molecular formula is C12H17ClN2. The molecule has 0 saturated carbocycles. The number of fused-ring (bicyclic) bond motifs is 1. The zero-order chi connectivity index (χ0) is 10.8. The molecule has 1 heterocycles. The molecule has 0 aromatic heterocycles. The first kappa shape index (κ1) is 10.8. The van der Waals surface area contributed by atoms with Gasteiger partial charge in [0.2, 0.25) is 0 Å². The molecule has 0 saturated heterocycles. The molecule has 0 spiro atoms. The molecule has 1 unspecified atom stereocenters. The van der Waals surface area contributed by atoms with Gasteiger partial charge >= 0.3 is 0 Å². The molecule has 82 valence electrons. The van der Waals surface area contributed by atoms with E-state index in [2.05, 4.69) is 30.5 Å². The van der Waals surface area contributed by atoms with Crippen LogP contribution in [-0.2, 0) is 6.42 Å². The van der Waals surface area contributed by atoms with Gasteiger partial charge in [0, 0.05) is 29.3 Å². The molecule has 0 aliphatic carbocycles. The largest absolute Gasteiger partial charge is 0.383 e. The topological polar surface area (TPSA) is 24.1 Å². The van der Waals surface area contributed by atoms with Crippen molar-refractivity contribution in [1.29, 1.82) is 0 Å². The molecule has 1 atom stereocenters. The summed E-state index contributed by atoms with van der Waals surface area (Å²) in [6.07, 6.45) is 1.01. The van der Waals surface area contributed by atoms with E-state index in [-0.39, 0.29) is 0 Å². The highest BCUT2D eigenvalue weighted by atomic mass is 35.5. The van der Waals surface area contributed by atoms with Crippen molar-refractivity contribution in [2.75, 3.05) is 11.9 Å². The minimum atomic E-state index is 0.484. The van der Waals surface area contributed by atoms with E-state index in [9.17, 15) is 0 Å². The SMILES string of the molecule is CC(C)NC1CNc2cccc(Cl)c2C1. The Hall–Kier alpha value is -0.730. The Morgan fingerprint density at radius 2 is 2.27 bits per heavy atom. The second-order valence-corrected chi connectivity index (χ2v) is 4.78. The van der Waals surface area contributed by atoms with Gasteiger partial charge in [-0.2, -0.15) is 0 Å². The third-order valence-corrected chi connectivity index (χ3v) is 3.03. The number of nitrogens with one attached hydrogen (secondary N) is 2. The summed E-state index contributed by atoms with van der Waals surface area (Å²) in [7, 11) is 0. The highest BCUT2D eigenvalue weighted by molar-refractivity contribution is 6.31. The molecule has 0 fully saturated rings. The molecule has 1 aromatic rings. The van der Waals surface area contributed by atoms with Crippen LogP contribution in [-0.4, -0.2) is 18.6 Å². The normalized spacial score (nSPS) is 19.9. The van der Waals surface area contributed by atoms with Crippen molar-refractivity contribution in [3.8, 4) is 0 Å². The fourth-order valence-electron chi connectivity index (χ4n) is 2.07. The molecule has 2 nitrogen and oxygen atoms in total. The van der Waals surface area contributed by atoms with Gasteiger partial charge < -0.3 is 10.6 Å². The summed E-state index contributed by atoms with van der Waals surface area (Å²) in [6, 6.07) is 7.04. The van der Waals surface area contributed by atoms with Crippen LogP contribution in [0.4, 0.5) is 5.69 Å². The van der Waals surface area contributed by atoms with Crippen LogP contribution in [0, 0.1) is 0 Å². The molecule has 1 aliphatic rings. The van der Waals surface area contributed by atoms with Crippen LogP contribution in [0.1, 0.15) is 19.4 Å². The smallest absolute Gasteiger partial charge is 0.0459 e. The van der Waals surface area contributed by atoms with Gasteiger partial charge in [-0.25, -0.2) is 0 Å². The zero-order valence-electron chi connectivity index (χ0n) is 9.18. The Morgan fingerprint density at radius 3 is 3.00 bits per heavy atom. The Morgan fingerprint density at radius 1 is 1.47 bits per heavy atom. The average molecular weight is 225 g/mol. The predicted molar refractivity (Wildman–Crippen MR) is 65.7 cm³/mol. The van der Waals surface area contributed by atoms with Gasteiger partial charge in [-0.05, 0) is 24.1 Å². The van der Waals surface area contributed by atoms with Gasteiger partial charge in [0.25, 0.3) is 0 Å². The maximum Gasteiger partial charge on any atom is 0.0459 e. The van der Waals surface area contributed by atoms with Crippen LogP contribution in [0.3, 0.4) is 0 Å². The quantitative estimate of drug-likeness (QED) is 0.807. The van der Waals surface area contributed by atoms with E-state index in [0.29, 0.717) is 12.1 Å². The summed E-state index contributed by atoms with van der Waals surface area (Å²) in [5, 5.41) is 7.81. The molecule has 15 heavy (non-hydrogen) atoms. The highest BCUT2D eigenvalue weighted by Gasteiger charge is 2.19. The molecule has 2 N–H and O–H groups in total. The fraction of sp³-hybridized carbons (Fsp3) is 0.500. The van der Waals surface area contributed by atoms with Gasteiger partial charge in [0.15, 0.2) is 0 Å². The predicted octanol–water partition coefficient (Wildman–Crippen LogP) is 2.67. The lowest BCUT2D eigenvalue weighted by atomic mass is 9.99. The second kappa shape index (κ2) is 4.42. The van der Waals surface area contributed by atoms with Crippen LogP contribution in [0.5, 0.6) is 0 Å². The van der Waals surface area contributed by atoms with Crippen LogP contribution in [0.2, 0.25) is 5.02 Å². The lowest BCUT2D eigenvalue weighted by Crippen LogP contribution is -2.43. The fourth-order valence-corrected chi connectivity index (χ4v) is 2.32. The van der Waals surface area contributed by atoms with E-state index < -0.39 is 0 Å². The van der Waals surface area contributed by atoms with E-state index in [4.69, 9.17) is 11.6 Å². The molecule has 0 amide bonds. The van der Waals surface area contributed by atoms with Crippen LogP contribution in [0.15, 0.2) is 18.2 Å². The Labute approximate surface area is 96.0 Å². The van der Waals surface area contributed by atoms with Gasteiger partial charge in [-0.1, -0.05) is 31.5 Å². The summed E-state index contributed by atoms with van der Waals surface area (Å²) >= 11 is 6.18. The first-order valence-corrected chi connectivity index (χ1v) is 5.82. The van der Waals surface area contributed by atoms with Crippen molar-refractivity contribution in [3.63, 3.8) is 0 Å². The lowest BCUT2D eigenvalue weighted by molar-refractivity contribution is 0.467. The number of rotatable bonds is 2. The number of anilines is 1. The zero-order valence-corrected chi connectivity index (χ0v) is 9.93. The molecule has 1 aliphatic heterocycles. The first-order chi connectivity index (χ1) is 7.16. The number of hydrogen-bond acceptors (Lipinski definition) is 2. The van der Waals surface area contributed by atoms with Gasteiger partial charge in [0.1, 0.15) is 0 Å². The van der Waals surface area contributed by atoms with E-state index in [0.717, 1.165) is 18.0 Å². The van der Waals surface area contributed by atoms with Crippen molar-refractivity contribution in [1.82, 2.24) is 5.32 Å². The van der Waals surface area contributed by atoms with Crippen molar-refractivity contribution < 1.29 is 0 Å². The standard InChI is InChI=1S/C12H17ClN2/c1-8(2)15-9-6-10-11(13)4-3-5-12(10)14-7-9/h3-5,8-9,14-15H,6-7H2,1-2H3. The molecule has 1 aromatic carbocycles. The maximum atomic E-state index is 6.18. The van der Waals surface area contributed by atoms with Crippen molar-refractivity contribution in [2.45, 2.75) is 32.4 Å².